The number of hydrogen-bond acceptors (Lipinski definition) is 4. The van der Waals surface area contributed by atoms with Crippen molar-refractivity contribution in [1.82, 2.24) is 29.8 Å². The van der Waals surface area contributed by atoms with Crippen LogP contribution < -0.4 is 5.32 Å². The normalized spacial score (nSPS) is 11.0. The zero-order valence-electron chi connectivity index (χ0n) is 16.1. The Labute approximate surface area is 166 Å². The van der Waals surface area contributed by atoms with Gasteiger partial charge in [-0.2, -0.15) is 15.3 Å². The molecule has 0 atom stereocenters. The number of halogens is 1. The van der Waals surface area contributed by atoms with Crippen LogP contribution in [0.5, 0.6) is 0 Å². The van der Waals surface area contributed by atoms with E-state index < -0.39 is 0 Å². The lowest BCUT2D eigenvalue weighted by Crippen LogP contribution is -2.11. The maximum absolute atomic E-state index is 13.1. The molecule has 3 aromatic heterocycles. The van der Waals surface area contributed by atoms with Crippen molar-refractivity contribution >= 4 is 11.6 Å². The average Bonchev–Trinajstić information content (AvgIpc) is 3.44. The fourth-order valence-electron chi connectivity index (χ4n) is 3.05. The lowest BCUT2D eigenvalue weighted by molar-refractivity contribution is 0.102. The summed E-state index contributed by atoms with van der Waals surface area (Å²) in [5.41, 5.74) is 4.34. The van der Waals surface area contributed by atoms with E-state index in [1.54, 1.807) is 35.3 Å². The number of nitrogens with zero attached hydrogens (tertiary/aromatic N) is 5. The predicted octanol–water partition coefficient (Wildman–Crippen LogP) is 3.24. The summed E-state index contributed by atoms with van der Waals surface area (Å²) < 4.78 is 16.7. The summed E-state index contributed by atoms with van der Waals surface area (Å²) in [6.45, 7) is 5.45. The van der Waals surface area contributed by atoms with Crippen molar-refractivity contribution in [2.75, 3.05) is 5.32 Å². The summed E-state index contributed by atoms with van der Waals surface area (Å²) in [5.74, 6) is -0.656. The summed E-state index contributed by atoms with van der Waals surface area (Å²) in [6, 6.07) is 7.55. The van der Waals surface area contributed by atoms with Crippen LogP contribution >= 0.6 is 0 Å². The molecule has 8 nitrogen and oxygen atoms in total. The summed E-state index contributed by atoms with van der Waals surface area (Å²) in [4.78, 5) is 12.5. The van der Waals surface area contributed by atoms with Crippen LogP contribution in [0.15, 0.2) is 48.9 Å². The van der Waals surface area contributed by atoms with Gasteiger partial charge in [0.05, 0.1) is 30.3 Å². The van der Waals surface area contributed by atoms with E-state index >= 15 is 0 Å². The maximum Gasteiger partial charge on any atom is 0.273 e. The van der Waals surface area contributed by atoms with Gasteiger partial charge in [-0.1, -0.05) is 0 Å². The van der Waals surface area contributed by atoms with Crippen molar-refractivity contribution in [3.63, 3.8) is 0 Å². The Bertz CT molecular complexity index is 1140. The van der Waals surface area contributed by atoms with Gasteiger partial charge in [0, 0.05) is 29.6 Å². The number of amides is 1. The van der Waals surface area contributed by atoms with Gasteiger partial charge in [-0.15, -0.1) is 0 Å². The van der Waals surface area contributed by atoms with E-state index in [4.69, 9.17) is 0 Å². The number of nitrogens with one attached hydrogen (secondary N) is 2. The smallest absolute Gasteiger partial charge is 0.273 e. The molecular formula is C20H20FN7O. The van der Waals surface area contributed by atoms with Crippen LogP contribution in [-0.4, -0.2) is 35.7 Å². The van der Waals surface area contributed by atoms with E-state index in [1.165, 1.54) is 12.1 Å². The second-order valence-corrected chi connectivity index (χ2v) is 6.63. The number of aryl methyl sites for hydroxylation is 1. The van der Waals surface area contributed by atoms with Gasteiger partial charge in [0.25, 0.3) is 5.91 Å². The highest BCUT2D eigenvalue weighted by molar-refractivity contribution is 6.03. The van der Waals surface area contributed by atoms with Crippen LogP contribution in [0, 0.1) is 12.7 Å². The van der Waals surface area contributed by atoms with E-state index in [1.807, 2.05) is 24.7 Å². The standard InChI is InChI=1S/C20H20FN7O/c1-3-28-13(2)15(9-23-28)11-27-12-17(10-22-27)24-20(29)19-8-18(25-26-19)14-4-6-16(21)7-5-14/h4-10,12H,3,11H2,1-2H3,(H,24,29)(H,25,26). The van der Waals surface area contributed by atoms with E-state index in [9.17, 15) is 9.18 Å². The third kappa shape index (κ3) is 3.93. The van der Waals surface area contributed by atoms with Crippen LogP contribution in [0.25, 0.3) is 11.3 Å². The van der Waals surface area contributed by atoms with Crippen LogP contribution in [-0.2, 0) is 13.1 Å². The molecule has 3 heterocycles. The third-order valence-electron chi connectivity index (χ3n) is 4.69. The van der Waals surface area contributed by atoms with Gasteiger partial charge in [-0.25, -0.2) is 4.39 Å². The minimum absolute atomic E-state index is 0.303. The predicted molar refractivity (Wildman–Crippen MR) is 106 cm³/mol. The van der Waals surface area contributed by atoms with Gasteiger partial charge >= 0.3 is 0 Å². The second-order valence-electron chi connectivity index (χ2n) is 6.63. The molecule has 0 aliphatic heterocycles. The Balaban J connectivity index is 1.43. The first-order valence-corrected chi connectivity index (χ1v) is 9.20. The Morgan fingerprint density at radius 3 is 2.72 bits per heavy atom. The number of aromatic nitrogens is 6. The highest BCUT2D eigenvalue weighted by Gasteiger charge is 2.13. The molecule has 0 aliphatic rings. The summed E-state index contributed by atoms with van der Waals surface area (Å²) in [5, 5.41) is 18.3. The molecule has 0 spiro atoms. The molecule has 2 N–H and O–H groups in total. The minimum atomic E-state index is -0.333. The lowest BCUT2D eigenvalue weighted by Gasteiger charge is -2.03. The molecule has 4 aromatic rings. The Kier molecular flexibility index (Phi) is 4.94. The second kappa shape index (κ2) is 7.70. The van der Waals surface area contributed by atoms with Gasteiger partial charge in [-0.05, 0) is 44.2 Å². The highest BCUT2D eigenvalue weighted by Crippen LogP contribution is 2.19. The van der Waals surface area contributed by atoms with Crippen LogP contribution in [0.4, 0.5) is 10.1 Å². The topological polar surface area (TPSA) is 93.4 Å². The molecule has 148 valence electrons. The Morgan fingerprint density at radius 1 is 1.21 bits per heavy atom. The molecular weight excluding hydrogens is 373 g/mol. The van der Waals surface area contributed by atoms with Crippen molar-refractivity contribution < 1.29 is 9.18 Å². The molecule has 1 aromatic carbocycles. The van der Waals surface area contributed by atoms with Gasteiger partial charge in [0.2, 0.25) is 0 Å². The van der Waals surface area contributed by atoms with Crippen molar-refractivity contribution in [2.45, 2.75) is 26.9 Å². The number of anilines is 1. The first-order valence-electron chi connectivity index (χ1n) is 9.20. The van der Waals surface area contributed by atoms with Gasteiger partial charge < -0.3 is 5.32 Å². The molecule has 0 fully saturated rings. The van der Waals surface area contributed by atoms with Crippen molar-refractivity contribution in [2.24, 2.45) is 0 Å². The van der Waals surface area contributed by atoms with Gasteiger partial charge in [0.15, 0.2) is 0 Å². The molecule has 0 bridgehead atoms. The summed E-state index contributed by atoms with van der Waals surface area (Å²) in [6.07, 6.45) is 5.19. The molecule has 0 unspecified atom stereocenters. The molecule has 29 heavy (non-hydrogen) atoms. The van der Waals surface area contributed by atoms with Gasteiger partial charge in [-0.3, -0.25) is 19.3 Å². The van der Waals surface area contributed by atoms with Crippen molar-refractivity contribution in [3.8, 4) is 11.3 Å². The SMILES string of the molecule is CCn1ncc(Cn2cc(NC(=O)c3cc(-c4ccc(F)cc4)n[nH]3)cn2)c1C. The quantitative estimate of drug-likeness (QED) is 0.526. The summed E-state index contributed by atoms with van der Waals surface area (Å²) in [7, 11) is 0. The Hall–Kier alpha value is -3.75. The number of hydrogen-bond donors (Lipinski definition) is 2. The van der Waals surface area contributed by atoms with Crippen LogP contribution in [0.1, 0.15) is 28.7 Å². The molecule has 1 amide bonds. The van der Waals surface area contributed by atoms with E-state index in [0.717, 1.165) is 23.4 Å². The lowest BCUT2D eigenvalue weighted by atomic mass is 10.1. The molecule has 0 saturated carbocycles. The monoisotopic (exact) mass is 393 g/mol. The third-order valence-corrected chi connectivity index (χ3v) is 4.69. The Morgan fingerprint density at radius 2 is 2.00 bits per heavy atom. The molecule has 0 aliphatic carbocycles. The minimum Gasteiger partial charge on any atom is -0.318 e. The van der Waals surface area contributed by atoms with Gasteiger partial charge in [0.1, 0.15) is 11.5 Å². The number of carbonyl (C=O) groups excluding carboxylic acids is 1. The molecule has 0 saturated heterocycles. The molecule has 4 rings (SSSR count). The highest BCUT2D eigenvalue weighted by atomic mass is 19.1. The zero-order chi connectivity index (χ0) is 20.4. The largest absolute Gasteiger partial charge is 0.318 e. The van der Waals surface area contributed by atoms with Crippen molar-refractivity contribution in [3.05, 3.63) is 71.7 Å². The maximum atomic E-state index is 13.1. The van der Waals surface area contributed by atoms with Crippen molar-refractivity contribution in [1.29, 1.82) is 0 Å². The molecule has 9 heteroatoms. The zero-order valence-corrected chi connectivity index (χ0v) is 16.1. The average molecular weight is 393 g/mol. The molecule has 0 radical (unpaired) electrons. The van der Waals surface area contributed by atoms with E-state index in [-0.39, 0.29) is 11.7 Å². The number of H-pyrrole nitrogens is 1. The number of rotatable bonds is 6. The number of carbonyl (C=O) groups is 1. The van der Waals surface area contributed by atoms with E-state index in [0.29, 0.717) is 23.6 Å². The fraction of sp³-hybridized carbons (Fsp3) is 0.200. The first-order chi connectivity index (χ1) is 14.0. The number of aromatic amines is 1. The fourth-order valence-corrected chi connectivity index (χ4v) is 3.05. The van der Waals surface area contributed by atoms with Crippen LogP contribution in [0.2, 0.25) is 0 Å². The number of benzene rings is 1. The first kappa shape index (κ1) is 18.6. The summed E-state index contributed by atoms with van der Waals surface area (Å²) >= 11 is 0. The van der Waals surface area contributed by atoms with Crippen LogP contribution in [0.3, 0.4) is 0 Å². The van der Waals surface area contributed by atoms with E-state index in [2.05, 4.69) is 25.7 Å².